The molecule has 0 bridgehead atoms. The third kappa shape index (κ3) is 3.89. The highest BCUT2D eigenvalue weighted by molar-refractivity contribution is 7.12. The van der Waals surface area contributed by atoms with Gasteiger partial charge in [-0.15, -0.1) is 11.3 Å². The van der Waals surface area contributed by atoms with Crippen LogP contribution < -0.4 is 0 Å². The number of aliphatic hydroxyl groups excluding tert-OH is 1. The number of thiophene rings is 1. The molecule has 0 unspecified atom stereocenters. The number of likely N-dealkylation sites (N-methyl/N-ethyl adjacent to an activating group) is 1. The van der Waals surface area contributed by atoms with E-state index in [1.165, 1.54) is 9.75 Å². The van der Waals surface area contributed by atoms with Crippen molar-refractivity contribution in [2.45, 2.75) is 39.7 Å². The van der Waals surface area contributed by atoms with Crippen LogP contribution in [0.2, 0.25) is 0 Å². The van der Waals surface area contributed by atoms with Crippen LogP contribution >= 0.6 is 11.3 Å². The number of hydrogen-bond acceptors (Lipinski definition) is 3. The van der Waals surface area contributed by atoms with Crippen LogP contribution in [0.25, 0.3) is 0 Å². The van der Waals surface area contributed by atoms with E-state index < -0.39 is 0 Å². The molecule has 16 heavy (non-hydrogen) atoms. The summed E-state index contributed by atoms with van der Waals surface area (Å²) >= 11 is 1.89. The van der Waals surface area contributed by atoms with E-state index in [0.29, 0.717) is 0 Å². The topological polar surface area (TPSA) is 23.5 Å². The summed E-state index contributed by atoms with van der Waals surface area (Å²) in [5, 5.41) is 8.94. The molecule has 0 aliphatic rings. The lowest BCUT2D eigenvalue weighted by molar-refractivity contribution is 0.198. The Morgan fingerprint density at radius 3 is 2.44 bits per heavy atom. The molecule has 0 spiro atoms. The van der Waals surface area contributed by atoms with Gasteiger partial charge in [-0.2, -0.15) is 0 Å². The highest BCUT2D eigenvalue weighted by Crippen LogP contribution is 2.29. The highest BCUT2D eigenvalue weighted by Gasteiger charge is 2.16. The van der Waals surface area contributed by atoms with E-state index >= 15 is 0 Å². The zero-order valence-electron chi connectivity index (χ0n) is 10.8. The summed E-state index contributed by atoms with van der Waals surface area (Å²) in [6, 6.07) is 4.44. The molecule has 1 heterocycles. The average Bonchev–Trinajstić information content (AvgIpc) is 2.65. The molecular weight excluding hydrogens is 218 g/mol. The normalized spacial score (nSPS) is 12.4. The quantitative estimate of drug-likeness (QED) is 0.857. The number of rotatable bonds is 5. The molecule has 0 amide bonds. The lowest BCUT2D eigenvalue weighted by Gasteiger charge is -2.18. The van der Waals surface area contributed by atoms with Gasteiger partial charge < -0.3 is 5.11 Å². The minimum atomic E-state index is 0.241. The number of hydrogen-bond donors (Lipinski definition) is 1. The molecule has 1 aromatic rings. The van der Waals surface area contributed by atoms with Gasteiger partial charge in [0.25, 0.3) is 0 Å². The van der Waals surface area contributed by atoms with E-state index in [2.05, 4.69) is 44.7 Å². The Morgan fingerprint density at radius 2 is 2.00 bits per heavy atom. The van der Waals surface area contributed by atoms with Crippen LogP contribution in [0.15, 0.2) is 12.1 Å². The average molecular weight is 241 g/mol. The molecule has 0 aliphatic carbocycles. The summed E-state index contributed by atoms with van der Waals surface area (Å²) in [6.07, 6.45) is 0. The van der Waals surface area contributed by atoms with Crippen LogP contribution in [0.1, 0.15) is 37.4 Å². The molecule has 0 saturated carbocycles. The van der Waals surface area contributed by atoms with Gasteiger partial charge in [-0.3, -0.25) is 4.90 Å². The Balaban J connectivity index is 2.64. The van der Waals surface area contributed by atoms with Crippen LogP contribution in [-0.2, 0) is 12.0 Å². The largest absolute Gasteiger partial charge is 0.395 e. The zero-order chi connectivity index (χ0) is 12.2. The summed E-state index contributed by atoms with van der Waals surface area (Å²) in [4.78, 5) is 5.08. The molecule has 3 heteroatoms. The van der Waals surface area contributed by atoms with Crippen molar-refractivity contribution in [3.8, 4) is 0 Å². The molecule has 0 saturated heterocycles. The molecule has 0 aromatic carbocycles. The second kappa shape index (κ2) is 5.80. The molecule has 92 valence electrons. The van der Waals surface area contributed by atoms with Gasteiger partial charge in [-0.1, -0.05) is 27.7 Å². The van der Waals surface area contributed by atoms with E-state index in [9.17, 15) is 0 Å². The first-order chi connectivity index (χ1) is 7.47. The van der Waals surface area contributed by atoms with Gasteiger partial charge in [0.05, 0.1) is 6.61 Å². The van der Waals surface area contributed by atoms with Crippen LogP contribution in [-0.4, -0.2) is 29.7 Å². The first kappa shape index (κ1) is 13.7. The fourth-order valence-corrected chi connectivity index (χ4v) is 2.68. The lowest BCUT2D eigenvalue weighted by Crippen LogP contribution is -2.25. The Labute approximate surface area is 103 Å². The van der Waals surface area contributed by atoms with E-state index in [4.69, 9.17) is 5.11 Å². The smallest absolute Gasteiger partial charge is 0.0558 e. The lowest BCUT2D eigenvalue weighted by atomic mass is 9.95. The molecule has 0 radical (unpaired) electrons. The summed E-state index contributed by atoms with van der Waals surface area (Å²) in [5.41, 5.74) is 0.247. The van der Waals surface area contributed by atoms with Gasteiger partial charge in [0, 0.05) is 22.8 Å². The molecule has 1 aromatic heterocycles. The minimum Gasteiger partial charge on any atom is -0.395 e. The van der Waals surface area contributed by atoms with Crippen molar-refractivity contribution >= 4 is 11.3 Å². The third-order valence-corrected chi connectivity index (χ3v) is 4.14. The molecule has 2 nitrogen and oxygen atoms in total. The van der Waals surface area contributed by atoms with Crippen molar-refractivity contribution in [3.63, 3.8) is 0 Å². The molecule has 1 rings (SSSR count). The van der Waals surface area contributed by atoms with Crippen LogP contribution in [0, 0.1) is 0 Å². The molecular formula is C13H23NOS. The highest BCUT2D eigenvalue weighted by atomic mass is 32.1. The Bertz CT molecular complexity index is 314. The second-order valence-corrected chi connectivity index (χ2v) is 6.28. The predicted octanol–water partition coefficient (Wildman–Crippen LogP) is 2.86. The Hall–Kier alpha value is -0.380. The van der Waals surface area contributed by atoms with E-state index in [1.54, 1.807) is 0 Å². The zero-order valence-corrected chi connectivity index (χ0v) is 11.6. The van der Waals surface area contributed by atoms with Crippen molar-refractivity contribution in [1.82, 2.24) is 4.90 Å². The summed E-state index contributed by atoms with van der Waals surface area (Å²) in [7, 11) is 0. The third-order valence-electron chi connectivity index (χ3n) is 2.64. The van der Waals surface area contributed by atoms with Gasteiger partial charge in [-0.25, -0.2) is 0 Å². The molecule has 0 aliphatic heterocycles. The number of nitrogens with zero attached hydrogens (tertiary/aromatic N) is 1. The van der Waals surface area contributed by atoms with Crippen molar-refractivity contribution in [1.29, 1.82) is 0 Å². The molecule has 0 fully saturated rings. The first-order valence-corrected chi connectivity index (χ1v) is 6.71. The van der Waals surface area contributed by atoms with Gasteiger partial charge in [-0.05, 0) is 24.1 Å². The Kier molecular flexibility index (Phi) is 4.96. The van der Waals surface area contributed by atoms with Crippen molar-refractivity contribution in [2.75, 3.05) is 19.7 Å². The van der Waals surface area contributed by atoms with Gasteiger partial charge >= 0.3 is 0 Å². The maximum Gasteiger partial charge on any atom is 0.0558 e. The summed E-state index contributed by atoms with van der Waals surface area (Å²) < 4.78 is 0. The van der Waals surface area contributed by atoms with E-state index in [1.807, 2.05) is 11.3 Å². The standard InChI is InChI=1S/C13H23NOS/c1-5-14(8-9-15)10-11-6-7-12(16-11)13(2,3)4/h6-7,15H,5,8-10H2,1-4H3. The molecule has 1 N–H and O–H groups in total. The summed E-state index contributed by atoms with van der Waals surface area (Å²) in [6.45, 7) is 11.8. The van der Waals surface area contributed by atoms with Crippen molar-refractivity contribution < 1.29 is 5.11 Å². The molecule has 0 atom stereocenters. The van der Waals surface area contributed by atoms with Crippen molar-refractivity contribution in [2.24, 2.45) is 0 Å². The fraction of sp³-hybridized carbons (Fsp3) is 0.692. The van der Waals surface area contributed by atoms with Gasteiger partial charge in [0.15, 0.2) is 0 Å². The van der Waals surface area contributed by atoms with Crippen LogP contribution in [0.5, 0.6) is 0 Å². The van der Waals surface area contributed by atoms with E-state index in [0.717, 1.165) is 19.6 Å². The fourth-order valence-electron chi connectivity index (χ4n) is 1.58. The monoisotopic (exact) mass is 241 g/mol. The Morgan fingerprint density at radius 1 is 1.31 bits per heavy atom. The maximum atomic E-state index is 8.94. The van der Waals surface area contributed by atoms with Crippen molar-refractivity contribution in [3.05, 3.63) is 21.9 Å². The maximum absolute atomic E-state index is 8.94. The van der Waals surface area contributed by atoms with E-state index in [-0.39, 0.29) is 12.0 Å². The summed E-state index contributed by atoms with van der Waals surface area (Å²) in [5.74, 6) is 0. The minimum absolute atomic E-state index is 0.241. The second-order valence-electron chi connectivity index (χ2n) is 5.11. The van der Waals surface area contributed by atoms with Gasteiger partial charge in [0.1, 0.15) is 0 Å². The first-order valence-electron chi connectivity index (χ1n) is 5.89. The van der Waals surface area contributed by atoms with Gasteiger partial charge in [0.2, 0.25) is 0 Å². The SMILES string of the molecule is CCN(CCO)Cc1ccc(C(C)(C)C)s1. The number of aliphatic hydroxyl groups is 1. The van der Waals surface area contributed by atoms with Crippen LogP contribution in [0.3, 0.4) is 0 Å². The predicted molar refractivity (Wildman–Crippen MR) is 71.1 cm³/mol. The van der Waals surface area contributed by atoms with Crippen LogP contribution in [0.4, 0.5) is 0 Å².